The number of anilines is 1. The van der Waals surface area contributed by atoms with Crippen molar-refractivity contribution in [2.24, 2.45) is 0 Å². The van der Waals surface area contributed by atoms with E-state index in [0.717, 1.165) is 24.3 Å². The van der Waals surface area contributed by atoms with Gasteiger partial charge in [0.1, 0.15) is 5.75 Å². The Morgan fingerprint density at radius 3 is 2.66 bits per heavy atom. The molecule has 0 unspecified atom stereocenters. The van der Waals surface area contributed by atoms with Crippen molar-refractivity contribution in [1.82, 2.24) is 9.88 Å². The van der Waals surface area contributed by atoms with Gasteiger partial charge < -0.3 is 19.3 Å². The van der Waals surface area contributed by atoms with Crippen LogP contribution < -0.4 is 4.90 Å². The molecule has 1 aliphatic rings. The first-order valence-corrected chi connectivity index (χ1v) is 9.99. The minimum atomic E-state index is 0.0954. The molecule has 0 aliphatic carbocycles. The molecule has 1 aromatic heterocycles. The third-order valence-corrected chi connectivity index (χ3v) is 5.40. The number of halogens is 1. The van der Waals surface area contributed by atoms with Gasteiger partial charge >= 0.3 is 0 Å². The van der Waals surface area contributed by atoms with E-state index in [1.807, 2.05) is 35.2 Å². The van der Waals surface area contributed by atoms with Crippen LogP contribution in [0.4, 0.5) is 5.69 Å². The summed E-state index contributed by atoms with van der Waals surface area (Å²) in [6.07, 6.45) is 2.46. The maximum absolute atomic E-state index is 12.6. The third kappa shape index (κ3) is 4.54. The molecule has 0 atom stereocenters. The molecule has 0 saturated carbocycles. The number of aromatic hydroxyl groups is 1. The molecule has 7 heteroatoms. The van der Waals surface area contributed by atoms with Crippen LogP contribution in [0.2, 0.25) is 5.02 Å². The van der Waals surface area contributed by atoms with Crippen molar-refractivity contribution in [2.45, 2.75) is 12.8 Å². The fraction of sp³-hybridized carbons (Fsp3) is 0.273. The highest BCUT2D eigenvalue weighted by Crippen LogP contribution is 2.28. The summed E-state index contributed by atoms with van der Waals surface area (Å²) in [5.74, 6) is 1.49. The Hall–Kier alpha value is -2.99. The zero-order chi connectivity index (χ0) is 20.2. The summed E-state index contributed by atoms with van der Waals surface area (Å²) in [5.41, 5.74) is 1.77. The Morgan fingerprint density at radius 1 is 1.10 bits per heavy atom. The smallest absolute Gasteiger partial charge is 0.223 e. The van der Waals surface area contributed by atoms with E-state index in [-0.39, 0.29) is 11.7 Å². The summed E-state index contributed by atoms with van der Waals surface area (Å²) in [6.45, 7) is 2.80. The zero-order valence-corrected chi connectivity index (χ0v) is 16.7. The first-order chi connectivity index (χ1) is 14.1. The molecule has 1 amide bonds. The van der Waals surface area contributed by atoms with E-state index in [1.54, 1.807) is 24.4 Å². The second-order valence-corrected chi connectivity index (χ2v) is 7.39. The highest BCUT2D eigenvalue weighted by molar-refractivity contribution is 6.33. The Labute approximate surface area is 174 Å². The number of carbonyl (C=O) groups is 1. The monoisotopic (exact) mass is 411 g/mol. The van der Waals surface area contributed by atoms with E-state index < -0.39 is 0 Å². The summed E-state index contributed by atoms with van der Waals surface area (Å²) in [6, 6.07) is 14.6. The van der Waals surface area contributed by atoms with Crippen molar-refractivity contribution < 1.29 is 14.3 Å². The number of carbonyl (C=O) groups excluding carboxylic acids is 1. The Balaban J connectivity index is 1.29. The average molecular weight is 412 g/mol. The minimum absolute atomic E-state index is 0.0954. The van der Waals surface area contributed by atoms with Gasteiger partial charge in [-0.2, -0.15) is 0 Å². The fourth-order valence-corrected chi connectivity index (χ4v) is 3.72. The van der Waals surface area contributed by atoms with E-state index in [4.69, 9.17) is 16.0 Å². The number of benzene rings is 2. The molecule has 6 nitrogen and oxygen atoms in total. The van der Waals surface area contributed by atoms with Crippen molar-refractivity contribution in [3.05, 3.63) is 65.6 Å². The fourth-order valence-electron chi connectivity index (χ4n) is 3.49. The summed E-state index contributed by atoms with van der Waals surface area (Å²) in [5, 5.41) is 10.2. The first kappa shape index (κ1) is 19.3. The van der Waals surface area contributed by atoms with Gasteiger partial charge in [0.25, 0.3) is 0 Å². The van der Waals surface area contributed by atoms with Crippen LogP contribution in [0.25, 0.3) is 11.3 Å². The van der Waals surface area contributed by atoms with Gasteiger partial charge in [-0.05, 0) is 24.3 Å². The van der Waals surface area contributed by atoms with Crippen LogP contribution in [-0.2, 0) is 11.2 Å². The van der Waals surface area contributed by atoms with Gasteiger partial charge in [0.05, 0.1) is 11.2 Å². The summed E-state index contributed by atoms with van der Waals surface area (Å²) < 4.78 is 5.78. The molecule has 1 N–H and O–H groups in total. The number of aromatic nitrogens is 1. The maximum atomic E-state index is 12.6. The number of hydrogen-bond acceptors (Lipinski definition) is 5. The Morgan fingerprint density at radius 2 is 1.90 bits per heavy atom. The molecule has 150 valence electrons. The van der Waals surface area contributed by atoms with Crippen molar-refractivity contribution in [3.8, 4) is 17.1 Å². The van der Waals surface area contributed by atoms with E-state index >= 15 is 0 Å². The third-order valence-electron chi connectivity index (χ3n) is 5.07. The molecule has 1 fully saturated rings. The molecule has 1 saturated heterocycles. The summed E-state index contributed by atoms with van der Waals surface area (Å²) in [4.78, 5) is 20.9. The molecule has 2 aromatic carbocycles. The predicted molar refractivity (Wildman–Crippen MR) is 112 cm³/mol. The lowest BCUT2D eigenvalue weighted by atomic mass is 10.2. The van der Waals surface area contributed by atoms with Crippen molar-refractivity contribution in [1.29, 1.82) is 0 Å². The number of oxazole rings is 1. The van der Waals surface area contributed by atoms with E-state index in [1.165, 1.54) is 0 Å². The minimum Gasteiger partial charge on any atom is -0.508 e. The molecular formula is C22H22ClN3O3. The Kier molecular flexibility index (Phi) is 5.71. The normalized spacial score (nSPS) is 14.2. The number of aryl methyl sites for hydroxylation is 1. The lowest BCUT2D eigenvalue weighted by molar-refractivity contribution is -0.131. The second-order valence-electron chi connectivity index (χ2n) is 6.99. The number of phenols is 1. The van der Waals surface area contributed by atoms with Crippen molar-refractivity contribution >= 4 is 23.2 Å². The topological polar surface area (TPSA) is 69.8 Å². The van der Waals surface area contributed by atoms with Crippen LogP contribution in [0.3, 0.4) is 0 Å². The lowest BCUT2D eigenvalue weighted by Gasteiger charge is -2.36. The van der Waals surface area contributed by atoms with Gasteiger partial charge in [-0.1, -0.05) is 29.8 Å². The molecule has 0 bridgehead atoms. The number of piperazine rings is 1. The highest BCUT2D eigenvalue weighted by atomic mass is 35.5. The maximum Gasteiger partial charge on any atom is 0.223 e. The first-order valence-electron chi connectivity index (χ1n) is 9.61. The molecule has 3 aromatic rings. The lowest BCUT2D eigenvalue weighted by Crippen LogP contribution is -2.48. The molecular weight excluding hydrogens is 390 g/mol. The molecule has 2 heterocycles. The standard InChI is InChI=1S/C22H22ClN3O3/c23-19-7-2-1-6-18(19)20-15-24-21(29-20)8-9-22(28)26-12-10-25(11-13-26)16-4-3-5-17(27)14-16/h1-7,14-15,27H,8-13H2. The number of nitrogens with zero attached hydrogens (tertiary/aromatic N) is 3. The molecule has 1 aliphatic heterocycles. The molecule has 4 rings (SSSR count). The van der Waals surface area contributed by atoms with Gasteiger partial charge in [0, 0.05) is 56.3 Å². The second kappa shape index (κ2) is 8.57. The van der Waals surface area contributed by atoms with Crippen molar-refractivity contribution in [2.75, 3.05) is 31.1 Å². The molecule has 29 heavy (non-hydrogen) atoms. The van der Waals surface area contributed by atoms with Crippen LogP contribution in [0.5, 0.6) is 5.75 Å². The van der Waals surface area contributed by atoms with Gasteiger partial charge in [-0.25, -0.2) is 4.98 Å². The molecule has 0 radical (unpaired) electrons. The van der Waals surface area contributed by atoms with E-state index in [2.05, 4.69) is 9.88 Å². The van der Waals surface area contributed by atoms with Gasteiger partial charge in [0.2, 0.25) is 5.91 Å². The quantitative estimate of drug-likeness (QED) is 0.687. The average Bonchev–Trinajstić information content (AvgIpc) is 3.21. The number of amides is 1. The predicted octanol–water partition coefficient (Wildman–Crippen LogP) is 3.98. The van der Waals surface area contributed by atoms with Gasteiger partial charge in [-0.15, -0.1) is 0 Å². The number of phenolic OH excluding ortho intramolecular Hbond substituents is 1. The van der Waals surface area contributed by atoms with Crippen molar-refractivity contribution in [3.63, 3.8) is 0 Å². The van der Waals surface area contributed by atoms with E-state index in [0.29, 0.717) is 42.6 Å². The van der Waals surface area contributed by atoms with Gasteiger partial charge in [-0.3, -0.25) is 4.79 Å². The highest BCUT2D eigenvalue weighted by Gasteiger charge is 2.22. The van der Waals surface area contributed by atoms with Crippen LogP contribution in [-0.4, -0.2) is 47.1 Å². The SMILES string of the molecule is O=C(CCc1ncc(-c2ccccc2Cl)o1)N1CCN(c2cccc(O)c2)CC1. The van der Waals surface area contributed by atoms with E-state index in [9.17, 15) is 9.90 Å². The van der Waals surface area contributed by atoms with Crippen LogP contribution in [0.1, 0.15) is 12.3 Å². The summed E-state index contributed by atoms with van der Waals surface area (Å²) in [7, 11) is 0. The summed E-state index contributed by atoms with van der Waals surface area (Å²) >= 11 is 6.20. The van der Waals surface area contributed by atoms with Crippen LogP contribution >= 0.6 is 11.6 Å². The Bertz CT molecular complexity index is 996. The van der Waals surface area contributed by atoms with Crippen LogP contribution in [0, 0.1) is 0 Å². The van der Waals surface area contributed by atoms with Crippen LogP contribution in [0.15, 0.2) is 59.1 Å². The number of hydrogen-bond donors (Lipinski definition) is 1. The largest absolute Gasteiger partial charge is 0.508 e. The number of rotatable bonds is 5. The zero-order valence-electron chi connectivity index (χ0n) is 15.9. The van der Waals surface area contributed by atoms with Gasteiger partial charge in [0.15, 0.2) is 11.7 Å². The molecule has 0 spiro atoms.